The summed E-state index contributed by atoms with van der Waals surface area (Å²) >= 11 is 1.76. The molecule has 2 fully saturated rings. The Morgan fingerprint density at radius 1 is 1.21 bits per heavy atom. The first-order chi connectivity index (χ1) is 13.7. The summed E-state index contributed by atoms with van der Waals surface area (Å²) in [4.78, 5) is 12.5. The summed E-state index contributed by atoms with van der Waals surface area (Å²) in [6.07, 6.45) is 2.24. The number of carbonyl (C=O) groups is 1. The smallest absolute Gasteiger partial charge is 0.116 e. The van der Waals surface area contributed by atoms with Crippen LogP contribution in [0.15, 0.2) is 41.8 Å². The fourth-order valence-electron chi connectivity index (χ4n) is 3.81. The maximum atomic E-state index is 10.4. The molecule has 0 bridgehead atoms. The summed E-state index contributed by atoms with van der Waals surface area (Å²) < 4.78 is 11.5. The van der Waals surface area contributed by atoms with Gasteiger partial charge in [-0.1, -0.05) is 30.3 Å². The van der Waals surface area contributed by atoms with Crippen LogP contribution >= 0.6 is 11.3 Å². The lowest BCUT2D eigenvalue weighted by Crippen LogP contribution is -2.46. The maximum Gasteiger partial charge on any atom is 0.116 e. The van der Waals surface area contributed by atoms with Crippen LogP contribution in [0.5, 0.6) is 0 Å². The quantitative estimate of drug-likeness (QED) is 0.776. The van der Waals surface area contributed by atoms with Crippen molar-refractivity contribution in [1.29, 1.82) is 0 Å². The van der Waals surface area contributed by atoms with Gasteiger partial charge in [-0.3, -0.25) is 4.90 Å². The summed E-state index contributed by atoms with van der Waals surface area (Å²) in [6, 6.07) is 13.0. The molecule has 0 amide bonds. The zero-order valence-corrected chi connectivity index (χ0v) is 17.1. The van der Waals surface area contributed by atoms with Gasteiger partial charge in [-0.05, 0) is 35.9 Å². The van der Waals surface area contributed by atoms with Crippen LogP contribution in [-0.4, -0.2) is 60.8 Å². The summed E-state index contributed by atoms with van der Waals surface area (Å²) in [7, 11) is 0. The van der Waals surface area contributed by atoms with Crippen LogP contribution in [0, 0.1) is 0 Å². The molecule has 0 unspecified atom stereocenters. The number of hydrogen-bond acceptors (Lipinski definition) is 6. The Morgan fingerprint density at radius 2 is 1.93 bits per heavy atom. The first-order valence-corrected chi connectivity index (χ1v) is 10.7. The molecule has 0 radical (unpaired) electrons. The Morgan fingerprint density at radius 3 is 2.57 bits per heavy atom. The van der Waals surface area contributed by atoms with Crippen LogP contribution in [0.3, 0.4) is 0 Å². The predicted octanol–water partition coefficient (Wildman–Crippen LogP) is 3.36. The normalized spacial score (nSPS) is 25.1. The van der Waals surface area contributed by atoms with Gasteiger partial charge in [0.1, 0.15) is 6.29 Å². The fourth-order valence-corrected chi connectivity index (χ4v) is 4.54. The largest absolute Gasteiger partial charge is 0.391 e. The number of carbonyl (C=O) groups excluding carboxylic acids is 1. The second-order valence-electron chi connectivity index (χ2n) is 7.10. The van der Waals surface area contributed by atoms with Gasteiger partial charge in [0.05, 0.1) is 32.0 Å². The van der Waals surface area contributed by atoms with E-state index in [0.29, 0.717) is 6.61 Å². The lowest BCUT2D eigenvalue weighted by Gasteiger charge is -2.33. The first kappa shape index (κ1) is 21.1. The van der Waals surface area contributed by atoms with Crippen LogP contribution < -0.4 is 0 Å². The third-order valence-electron chi connectivity index (χ3n) is 5.21. The number of benzene rings is 1. The van der Waals surface area contributed by atoms with Gasteiger partial charge in [0.25, 0.3) is 0 Å². The first-order valence-electron chi connectivity index (χ1n) is 9.85. The van der Waals surface area contributed by atoms with E-state index in [-0.39, 0.29) is 18.2 Å². The second kappa shape index (κ2) is 10.8. The van der Waals surface area contributed by atoms with E-state index in [4.69, 9.17) is 14.3 Å². The lowest BCUT2D eigenvalue weighted by molar-refractivity contribution is -0.106. The molecule has 0 spiro atoms. The van der Waals surface area contributed by atoms with E-state index in [1.54, 1.807) is 11.3 Å². The number of ether oxygens (including phenoxy) is 2. The van der Waals surface area contributed by atoms with Crippen molar-refractivity contribution in [1.82, 2.24) is 4.90 Å². The van der Waals surface area contributed by atoms with Crippen molar-refractivity contribution < 1.29 is 19.4 Å². The van der Waals surface area contributed by atoms with E-state index in [1.807, 2.05) is 0 Å². The van der Waals surface area contributed by atoms with Gasteiger partial charge in [-0.25, -0.2) is 0 Å². The van der Waals surface area contributed by atoms with Crippen molar-refractivity contribution in [2.75, 3.05) is 26.3 Å². The Bertz CT molecular complexity index is 698. The molecule has 1 saturated heterocycles. The van der Waals surface area contributed by atoms with Crippen molar-refractivity contribution in [3.8, 4) is 10.4 Å². The topological polar surface area (TPSA) is 59.0 Å². The van der Waals surface area contributed by atoms with Crippen LogP contribution in [-0.2, 0) is 20.9 Å². The maximum absolute atomic E-state index is 10.4. The molecule has 1 aliphatic carbocycles. The van der Waals surface area contributed by atoms with Gasteiger partial charge >= 0.3 is 0 Å². The number of morpholine rings is 1. The average molecular weight is 404 g/mol. The molecule has 6 heteroatoms. The standard InChI is InChI=1S/C20H25NO3S.C2H4O/c22-19-13-17(12-18(19)21-7-9-23-10-8-21)24-14-15-3-5-16(6-4-15)20-2-1-11-25-20;1-2-3/h1-6,11,17-19,22H,7-10,12-14H2;2H,1H3/t17-,18-,19-;/m1./s1. The highest BCUT2D eigenvalue weighted by Gasteiger charge is 2.37. The fraction of sp³-hybridized carbons (Fsp3) is 0.500. The third-order valence-corrected chi connectivity index (χ3v) is 6.13. The van der Waals surface area contributed by atoms with Crippen LogP contribution in [0.2, 0.25) is 0 Å². The van der Waals surface area contributed by atoms with E-state index < -0.39 is 0 Å². The SMILES string of the molecule is CC=O.O[C@@H]1C[C@H](OCc2ccc(-c3cccs3)cc2)C[C@H]1N1CCOCC1. The predicted molar refractivity (Wildman–Crippen MR) is 111 cm³/mol. The van der Waals surface area contributed by atoms with Gasteiger partial charge in [-0.15, -0.1) is 11.3 Å². The number of thiophene rings is 1. The molecule has 1 aliphatic heterocycles. The number of hydrogen-bond donors (Lipinski definition) is 1. The molecule has 4 rings (SSSR count). The van der Waals surface area contributed by atoms with Crippen LogP contribution in [0.4, 0.5) is 0 Å². The molecule has 5 nitrogen and oxygen atoms in total. The highest BCUT2D eigenvalue weighted by atomic mass is 32.1. The van der Waals surface area contributed by atoms with E-state index in [1.165, 1.54) is 22.9 Å². The van der Waals surface area contributed by atoms with Gasteiger partial charge in [0.15, 0.2) is 0 Å². The number of rotatable bonds is 5. The molecule has 152 valence electrons. The number of nitrogens with zero attached hydrogens (tertiary/aromatic N) is 1. The van der Waals surface area contributed by atoms with Crippen molar-refractivity contribution in [2.45, 2.75) is 44.6 Å². The zero-order valence-electron chi connectivity index (χ0n) is 16.3. The Hall–Kier alpha value is -1.57. The van der Waals surface area contributed by atoms with E-state index >= 15 is 0 Å². The van der Waals surface area contributed by atoms with Crippen LogP contribution in [0.1, 0.15) is 25.3 Å². The van der Waals surface area contributed by atoms with Gasteiger partial charge in [0, 0.05) is 30.4 Å². The number of aliphatic hydroxyl groups excluding tert-OH is 1. The van der Waals surface area contributed by atoms with Crippen molar-refractivity contribution in [3.05, 3.63) is 47.3 Å². The van der Waals surface area contributed by atoms with Crippen molar-refractivity contribution in [2.24, 2.45) is 0 Å². The number of aldehydes is 1. The summed E-state index contributed by atoms with van der Waals surface area (Å²) in [5.41, 5.74) is 2.44. The highest BCUT2D eigenvalue weighted by Crippen LogP contribution is 2.29. The van der Waals surface area contributed by atoms with Crippen molar-refractivity contribution >= 4 is 17.6 Å². The molecule has 2 heterocycles. The minimum Gasteiger partial charge on any atom is -0.391 e. The second-order valence-corrected chi connectivity index (χ2v) is 8.05. The van der Waals surface area contributed by atoms with Crippen molar-refractivity contribution in [3.63, 3.8) is 0 Å². The zero-order chi connectivity index (χ0) is 19.8. The van der Waals surface area contributed by atoms with Gasteiger partial charge < -0.3 is 19.4 Å². The van der Waals surface area contributed by atoms with E-state index in [0.717, 1.165) is 45.4 Å². The van der Waals surface area contributed by atoms with E-state index in [9.17, 15) is 5.11 Å². The molecule has 1 aromatic carbocycles. The Balaban J connectivity index is 0.000000706. The summed E-state index contributed by atoms with van der Waals surface area (Å²) in [5, 5.41) is 12.5. The molecular weight excluding hydrogens is 374 g/mol. The minimum absolute atomic E-state index is 0.139. The molecule has 2 aliphatic rings. The molecule has 28 heavy (non-hydrogen) atoms. The number of aliphatic hydroxyl groups is 1. The lowest BCUT2D eigenvalue weighted by atomic mass is 10.1. The van der Waals surface area contributed by atoms with Gasteiger partial charge in [0.2, 0.25) is 0 Å². The molecular formula is C22H29NO4S. The van der Waals surface area contributed by atoms with Crippen LogP contribution in [0.25, 0.3) is 10.4 Å². The Labute approximate surface area is 170 Å². The summed E-state index contributed by atoms with van der Waals surface area (Å²) in [6.45, 7) is 5.42. The minimum atomic E-state index is -0.288. The summed E-state index contributed by atoms with van der Waals surface area (Å²) in [5.74, 6) is 0. The monoisotopic (exact) mass is 403 g/mol. The Kier molecular flexibility index (Phi) is 8.18. The molecule has 2 aromatic rings. The molecule has 1 N–H and O–H groups in total. The molecule has 1 aromatic heterocycles. The van der Waals surface area contributed by atoms with Gasteiger partial charge in [-0.2, -0.15) is 0 Å². The molecule has 1 saturated carbocycles. The third kappa shape index (κ3) is 5.72. The highest BCUT2D eigenvalue weighted by molar-refractivity contribution is 7.13. The van der Waals surface area contributed by atoms with E-state index in [2.05, 4.69) is 46.7 Å². The molecule has 3 atom stereocenters. The average Bonchev–Trinajstić information content (AvgIpc) is 3.38.